The van der Waals surface area contributed by atoms with Crippen LogP contribution < -0.4 is 0 Å². The molecule has 0 aromatic carbocycles. The fourth-order valence-corrected chi connectivity index (χ4v) is 2.34. The number of unbranched alkanes of at least 4 members (excludes halogenated alkanes) is 6. The highest BCUT2D eigenvalue weighted by molar-refractivity contribution is 8.02. The summed E-state index contributed by atoms with van der Waals surface area (Å²) >= 11 is 1.83. The molecule has 0 aliphatic heterocycles. The number of hydrogen-bond donors (Lipinski definition) is 0. The van der Waals surface area contributed by atoms with Crippen molar-refractivity contribution < 1.29 is 9.53 Å². The average Bonchev–Trinajstić information content (AvgIpc) is 2.43. The van der Waals surface area contributed by atoms with Crippen LogP contribution in [0.25, 0.3) is 0 Å². The average molecular weight is 284 g/mol. The summed E-state index contributed by atoms with van der Waals surface area (Å²) in [7, 11) is 1.43. The number of hydrogen-bond acceptors (Lipinski definition) is 3. The second-order valence-electron chi connectivity index (χ2n) is 4.60. The number of rotatable bonds is 12. The predicted octanol–water partition coefficient (Wildman–Crippen LogP) is 5.09. The Balaban J connectivity index is 3.26. The van der Waals surface area contributed by atoms with Crippen molar-refractivity contribution in [3.63, 3.8) is 0 Å². The molecule has 0 bridgehead atoms. The molecule has 3 heteroatoms. The molecular formula is C16H28O2S. The van der Waals surface area contributed by atoms with Crippen molar-refractivity contribution in [3.05, 3.63) is 17.2 Å². The lowest BCUT2D eigenvalue weighted by Gasteiger charge is -1.98. The number of esters is 1. The van der Waals surface area contributed by atoms with Crippen LogP contribution in [0.5, 0.6) is 0 Å². The van der Waals surface area contributed by atoms with Gasteiger partial charge < -0.3 is 4.74 Å². The molecule has 0 saturated heterocycles. The van der Waals surface area contributed by atoms with Crippen LogP contribution in [-0.2, 0) is 9.53 Å². The van der Waals surface area contributed by atoms with E-state index in [2.05, 4.69) is 17.4 Å². The standard InChI is InChI=1S/C16H28O2S/c1-3-4-5-6-8-11-14-19-15-12-9-7-10-13-16(17)18-2/h9,15H,3-8,10-11,13-14H2,1-2H3. The zero-order valence-electron chi connectivity index (χ0n) is 12.5. The molecule has 0 unspecified atom stereocenters. The van der Waals surface area contributed by atoms with Crippen LogP contribution >= 0.6 is 11.8 Å². The fourth-order valence-electron chi connectivity index (χ4n) is 1.65. The second-order valence-corrected chi connectivity index (χ2v) is 5.57. The molecule has 0 radical (unpaired) electrons. The van der Waals surface area contributed by atoms with E-state index in [1.165, 1.54) is 51.4 Å². The summed E-state index contributed by atoms with van der Waals surface area (Å²) in [6.07, 6.45) is 12.3. The maximum Gasteiger partial charge on any atom is 0.305 e. The van der Waals surface area contributed by atoms with Crippen LogP contribution in [0.2, 0.25) is 0 Å². The third-order valence-electron chi connectivity index (χ3n) is 2.84. The Labute approximate surface area is 122 Å². The van der Waals surface area contributed by atoms with E-state index in [1.807, 2.05) is 23.2 Å². The van der Waals surface area contributed by atoms with Crippen LogP contribution in [-0.4, -0.2) is 18.8 Å². The molecule has 110 valence electrons. The normalized spacial score (nSPS) is 9.79. The molecule has 0 spiro atoms. The van der Waals surface area contributed by atoms with E-state index in [4.69, 9.17) is 0 Å². The van der Waals surface area contributed by atoms with Gasteiger partial charge in [-0.3, -0.25) is 4.79 Å². The Morgan fingerprint density at radius 1 is 1.16 bits per heavy atom. The molecule has 0 saturated carbocycles. The number of ether oxygens (including phenoxy) is 1. The minimum absolute atomic E-state index is 0.130. The van der Waals surface area contributed by atoms with E-state index in [0.29, 0.717) is 6.42 Å². The maximum absolute atomic E-state index is 10.8. The molecule has 0 aromatic heterocycles. The van der Waals surface area contributed by atoms with Gasteiger partial charge in [-0.1, -0.05) is 39.0 Å². The fraction of sp³-hybridized carbons (Fsp3) is 0.750. The molecular weight excluding hydrogens is 256 g/mol. The van der Waals surface area contributed by atoms with E-state index >= 15 is 0 Å². The van der Waals surface area contributed by atoms with E-state index in [1.54, 1.807) is 0 Å². The Morgan fingerprint density at radius 2 is 1.89 bits per heavy atom. The van der Waals surface area contributed by atoms with Crippen LogP contribution in [0, 0.1) is 0 Å². The number of thioether (sulfide) groups is 1. The van der Waals surface area contributed by atoms with Crippen LogP contribution in [0.3, 0.4) is 0 Å². The van der Waals surface area contributed by atoms with Gasteiger partial charge in [-0.15, -0.1) is 17.5 Å². The molecule has 0 N–H and O–H groups in total. The summed E-state index contributed by atoms with van der Waals surface area (Å²) in [6.45, 7) is 2.25. The van der Waals surface area contributed by atoms with E-state index in [-0.39, 0.29) is 5.97 Å². The highest BCUT2D eigenvalue weighted by Gasteiger charge is 1.96. The molecule has 0 aromatic rings. The van der Waals surface area contributed by atoms with Gasteiger partial charge in [0, 0.05) is 11.8 Å². The quantitative estimate of drug-likeness (QED) is 0.283. The Hall–Kier alpha value is -0.660. The zero-order valence-corrected chi connectivity index (χ0v) is 13.3. The first-order chi connectivity index (χ1) is 9.31. The molecule has 0 aliphatic rings. The van der Waals surface area contributed by atoms with Gasteiger partial charge in [0.1, 0.15) is 0 Å². The molecule has 0 atom stereocenters. The van der Waals surface area contributed by atoms with Crippen molar-refractivity contribution in [2.75, 3.05) is 12.9 Å². The summed E-state index contributed by atoms with van der Waals surface area (Å²) < 4.78 is 4.57. The Morgan fingerprint density at radius 3 is 2.63 bits per heavy atom. The molecule has 0 amide bonds. The minimum atomic E-state index is -0.130. The summed E-state index contributed by atoms with van der Waals surface area (Å²) in [4.78, 5) is 10.8. The molecule has 19 heavy (non-hydrogen) atoms. The third kappa shape index (κ3) is 15.3. The van der Waals surface area contributed by atoms with Crippen molar-refractivity contribution in [2.24, 2.45) is 0 Å². The van der Waals surface area contributed by atoms with Gasteiger partial charge in [-0.25, -0.2) is 0 Å². The number of carbonyl (C=O) groups is 1. The first-order valence-electron chi connectivity index (χ1n) is 7.39. The number of carbonyl (C=O) groups excluding carboxylic acids is 1. The smallest absolute Gasteiger partial charge is 0.305 e. The van der Waals surface area contributed by atoms with E-state index < -0.39 is 0 Å². The van der Waals surface area contributed by atoms with Crippen molar-refractivity contribution in [3.8, 4) is 0 Å². The maximum atomic E-state index is 10.8. The van der Waals surface area contributed by atoms with Crippen LogP contribution in [0.4, 0.5) is 0 Å². The Bertz CT molecular complexity index is 268. The lowest BCUT2D eigenvalue weighted by atomic mass is 10.1. The number of allylic oxidation sites excluding steroid dienone is 1. The summed E-state index contributed by atoms with van der Waals surface area (Å²) in [6, 6.07) is 0. The van der Waals surface area contributed by atoms with Gasteiger partial charge in [0.05, 0.1) is 7.11 Å². The first-order valence-corrected chi connectivity index (χ1v) is 8.44. The molecule has 0 fully saturated rings. The Kier molecular flexibility index (Phi) is 14.9. The highest BCUT2D eigenvalue weighted by atomic mass is 32.2. The summed E-state index contributed by atoms with van der Waals surface area (Å²) in [5, 5.41) is 2.03. The van der Waals surface area contributed by atoms with Crippen molar-refractivity contribution in [1.82, 2.24) is 0 Å². The zero-order chi connectivity index (χ0) is 14.2. The SMILES string of the molecule is CCCCCCCCSC=C=CCCCC(=O)OC. The summed E-state index contributed by atoms with van der Waals surface area (Å²) in [5.74, 6) is 1.06. The lowest BCUT2D eigenvalue weighted by molar-refractivity contribution is -0.140. The van der Waals surface area contributed by atoms with Crippen molar-refractivity contribution in [2.45, 2.75) is 64.7 Å². The lowest BCUT2D eigenvalue weighted by Crippen LogP contribution is -1.98. The first kappa shape index (κ1) is 18.3. The minimum Gasteiger partial charge on any atom is -0.469 e. The van der Waals surface area contributed by atoms with Gasteiger partial charge in [-0.2, -0.15) is 0 Å². The van der Waals surface area contributed by atoms with Crippen molar-refractivity contribution >= 4 is 17.7 Å². The topological polar surface area (TPSA) is 26.3 Å². The highest BCUT2D eigenvalue weighted by Crippen LogP contribution is 2.10. The van der Waals surface area contributed by atoms with Gasteiger partial charge in [0.2, 0.25) is 0 Å². The monoisotopic (exact) mass is 284 g/mol. The van der Waals surface area contributed by atoms with E-state index in [9.17, 15) is 4.79 Å². The van der Waals surface area contributed by atoms with Gasteiger partial charge in [0.25, 0.3) is 0 Å². The molecule has 0 heterocycles. The van der Waals surface area contributed by atoms with Crippen LogP contribution in [0.1, 0.15) is 64.7 Å². The van der Waals surface area contributed by atoms with E-state index in [0.717, 1.165) is 12.8 Å². The second kappa shape index (κ2) is 15.4. The summed E-state index contributed by atoms with van der Waals surface area (Å²) in [5.41, 5.74) is 3.15. The number of methoxy groups -OCH3 is 1. The molecule has 0 rings (SSSR count). The van der Waals surface area contributed by atoms with Gasteiger partial charge >= 0.3 is 5.97 Å². The molecule has 2 nitrogen and oxygen atoms in total. The predicted molar refractivity (Wildman–Crippen MR) is 84.4 cm³/mol. The van der Waals surface area contributed by atoms with Gasteiger partial charge in [-0.05, 0) is 31.1 Å². The van der Waals surface area contributed by atoms with Crippen LogP contribution in [0.15, 0.2) is 17.2 Å². The molecule has 0 aliphatic carbocycles. The van der Waals surface area contributed by atoms with Gasteiger partial charge in [0.15, 0.2) is 0 Å². The van der Waals surface area contributed by atoms with Crippen molar-refractivity contribution in [1.29, 1.82) is 0 Å². The third-order valence-corrected chi connectivity index (χ3v) is 3.67. The largest absolute Gasteiger partial charge is 0.469 e.